The topological polar surface area (TPSA) is 33.4 Å². The van der Waals surface area contributed by atoms with Gasteiger partial charge >= 0.3 is 0 Å². The second-order valence-corrected chi connectivity index (χ2v) is 5.10. The summed E-state index contributed by atoms with van der Waals surface area (Å²) in [5, 5.41) is 10.6. The summed E-state index contributed by atoms with van der Waals surface area (Å²) in [5.41, 5.74) is 0.703. The van der Waals surface area contributed by atoms with Crippen LogP contribution in [0.2, 0.25) is 5.02 Å². The Morgan fingerprint density at radius 1 is 1.44 bits per heavy atom. The van der Waals surface area contributed by atoms with Crippen molar-refractivity contribution in [3.8, 4) is 0 Å². The standard InChI is InChI=1S/C13H11BrClFO2/c1-2-12-7(3-4-18-12)13(17)8-5-10(15)9(14)6-11(8)16/h3-6,13,17H,2H2,1H3. The van der Waals surface area contributed by atoms with Crippen molar-refractivity contribution < 1.29 is 13.9 Å². The number of halogens is 3. The van der Waals surface area contributed by atoms with Crippen LogP contribution in [0.4, 0.5) is 4.39 Å². The fourth-order valence-corrected chi connectivity index (χ4v) is 2.28. The van der Waals surface area contributed by atoms with Crippen LogP contribution in [0.3, 0.4) is 0 Å². The van der Waals surface area contributed by atoms with E-state index in [9.17, 15) is 9.50 Å². The molecule has 0 saturated heterocycles. The Morgan fingerprint density at radius 3 is 2.83 bits per heavy atom. The molecule has 0 radical (unpaired) electrons. The van der Waals surface area contributed by atoms with E-state index in [1.807, 2.05) is 6.92 Å². The maximum Gasteiger partial charge on any atom is 0.130 e. The zero-order valence-corrected chi connectivity index (χ0v) is 11.9. The van der Waals surface area contributed by atoms with Crippen molar-refractivity contribution in [2.24, 2.45) is 0 Å². The van der Waals surface area contributed by atoms with Gasteiger partial charge in [0.05, 0.1) is 11.3 Å². The highest BCUT2D eigenvalue weighted by Crippen LogP contribution is 2.33. The molecular formula is C13H11BrClFO2. The summed E-state index contributed by atoms with van der Waals surface area (Å²) in [7, 11) is 0. The molecule has 96 valence electrons. The monoisotopic (exact) mass is 332 g/mol. The predicted molar refractivity (Wildman–Crippen MR) is 71.3 cm³/mol. The van der Waals surface area contributed by atoms with E-state index >= 15 is 0 Å². The molecule has 1 aromatic heterocycles. The Balaban J connectivity index is 2.46. The largest absolute Gasteiger partial charge is 0.469 e. The molecule has 2 aromatic rings. The summed E-state index contributed by atoms with van der Waals surface area (Å²) in [6.07, 6.45) is 1.03. The van der Waals surface area contributed by atoms with Crippen LogP contribution in [-0.2, 0) is 6.42 Å². The molecule has 1 unspecified atom stereocenters. The van der Waals surface area contributed by atoms with Crippen molar-refractivity contribution in [3.63, 3.8) is 0 Å². The van der Waals surface area contributed by atoms with Gasteiger partial charge in [-0.2, -0.15) is 0 Å². The molecule has 0 saturated carbocycles. The lowest BCUT2D eigenvalue weighted by Gasteiger charge is -2.13. The first-order chi connectivity index (χ1) is 8.54. The van der Waals surface area contributed by atoms with Gasteiger partial charge in [0.25, 0.3) is 0 Å². The van der Waals surface area contributed by atoms with Crippen molar-refractivity contribution in [1.82, 2.24) is 0 Å². The smallest absolute Gasteiger partial charge is 0.130 e. The molecule has 2 rings (SSSR count). The molecule has 0 fully saturated rings. The van der Waals surface area contributed by atoms with E-state index in [2.05, 4.69) is 15.9 Å². The van der Waals surface area contributed by atoms with Gasteiger partial charge in [0, 0.05) is 22.0 Å². The van der Waals surface area contributed by atoms with Gasteiger partial charge in [-0.3, -0.25) is 0 Å². The number of aliphatic hydroxyl groups excluding tert-OH is 1. The van der Waals surface area contributed by atoms with E-state index in [0.717, 1.165) is 0 Å². The zero-order valence-electron chi connectivity index (χ0n) is 9.58. The lowest BCUT2D eigenvalue weighted by atomic mass is 10.0. The van der Waals surface area contributed by atoms with Gasteiger partial charge in [-0.25, -0.2) is 4.39 Å². The first-order valence-corrected chi connectivity index (χ1v) is 6.60. The van der Waals surface area contributed by atoms with Crippen LogP contribution in [0.25, 0.3) is 0 Å². The number of hydrogen-bond donors (Lipinski definition) is 1. The first kappa shape index (κ1) is 13.6. The summed E-state index contributed by atoms with van der Waals surface area (Å²) in [6.45, 7) is 1.90. The maximum atomic E-state index is 13.8. The minimum Gasteiger partial charge on any atom is -0.469 e. The van der Waals surface area contributed by atoms with Crippen molar-refractivity contribution >= 4 is 27.5 Å². The van der Waals surface area contributed by atoms with Crippen LogP contribution in [-0.4, -0.2) is 5.11 Å². The Kier molecular flexibility index (Phi) is 4.10. The number of hydrogen-bond acceptors (Lipinski definition) is 2. The average Bonchev–Trinajstić information content (AvgIpc) is 2.81. The second-order valence-electron chi connectivity index (χ2n) is 3.84. The summed E-state index contributed by atoms with van der Waals surface area (Å²) < 4.78 is 19.5. The van der Waals surface area contributed by atoms with Crippen LogP contribution in [0.1, 0.15) is 29.9 Å². The van der Waals surface area contributed by atoms with Crippen molar-refractivity contribution in [2.75, 3.05) is 0 Å². The highest BCUT2D eigenvalue weighted by molar-refractivity contribution is 9.10. The Bertz CT molecular complexity index is 568. The fourth-order valence-electron chi connectivity index (χ4n) is 1.80. The third kappa shape index (κ3) is 2.46. The molecule has 0 aliphatic heterocycles. The molecule has 0 aliphatic rings. The number of aryl methyl sites for hydroxylation is 1. The van der Waals surface area contributed by atoms with Gasteiger partial charge in [-0.15, -0.1) is 0 Å². The van der Waals surface area contributed by atoms with Gasteiger partial charge in [-0.1, -0.05) is 18.5 Å². The third-order valence-electron chi connectivity index (χ3n) is 2.73. The van der Waals surface area contributed by atoms with E-state index in [-0.39, 0.29) is 5.56 Å². The highest BCUT2D eigenvalue weighted by Gasteiger charge is 2.20. The molecular weight excluding hydrogens is 322 g/mol. The molecule has 2 nitrogen and oxygen atoms in total. The van der Waals surface area contributed by atoms with Gasteiger partial charge < -0.3 is 9.52 Å². The molecule has 5 heteroatoms. The molecule has 1 N–H and O–H groups in total. The van der Waals surface area contributed by atoms with E-state index < -0.39 is 11.9 Å². The van der Waals surface area contributed by atoms with Crippen LogP contribution in [0, 0.1) is 5.82 Å². The van der Waals surface area contributed by atoms with Gasteiger partial charge in [-0.05, 0) is 34.1 Å². The molecule has 18 heavy (non-hydrogen) atoms. The maximum absolute atomic E-state index is 13.8. The second kappa shape index (κ2) is 5.43. The van der Waals surface area contributed by atoms with E-state index in [1.54, 1.807) is 6.07 Å². The van der Waals surface area contributed by atoms with Crippen molar-refractivity contribution in [3.05, 3.63) is 56.7 Å². The quantitative estimate of drug-likeness (QED) is 0.840. The van der Waals surface area contributed by atoms with E-state index in [0.29, 0.717) is 27.2 Å². The van der Waals surface area contributed by atoms with E-state index in [4.69, 9.17) is 16.0 Å². The Morgan fingerprint density at radius 2 is 2.17 bits per heavy atom. The molecule has 0 aliphatic carbocycles. The number of aliphatic hydroxyl groups is 1. The molecule has 1 aromatic carbocycles. The number of benzene rings is 1. The first-order valence-electron chi connectivity index (χ1n) is 5.43. The summed E-state index contributed by atoms with van der Waals surface area (Å²) in [6, 6.07) is 4.30. The summed E-state index contributed by atoms with van der Waals surface area (Å²) >= 11 is 9.05. The van der Waals surface area contributed by atoms with Gasteiger partial charge in [0.2, 0.25) is 0 Å². The van der Waals surface area contributed by atoms with Crippen LogP contribution in [0.5, 0.6) is 0 Å². The lowest BCUT2D eigenvalue weighted by Crippen LogP contribution is -2.04. The summed E-state index contributed by atoms with van der Waals surface area (Å²) in [5.74, 6) is 0.128. The lowest BCUT2D eigenvalue weighted by molar-refractivity contribution is 0.212. The summed E-state index contributed by atoms with van der Waals surface area (Å²) in [4.78, 5) is 0. The van der Waals surface area contributed by atoms with Gasteiger partial charge in [0.1, 0.15) is 17.7 Å². The molecule has 0 amide bonds. The predicted octanol–water partition coefficient (Wildman–Crippen LogP) is 4.48. The number of rotatable bonds is 3. The molecule has 1 heterocycles. The normalized spacial score (nSPS) is 12.7. The SMILES string of the molecule is CCc1occc1C(O)c1cc(Cl)c(Br)cc1F. The Hall–Kier alpha value is -0.840. The van der Waals surface area contributed by atoms with Crippen LogP contribution >= 0.6 is 27.5 Å². The minimum absolute atomic E-state index is 0.138. The van der Waals surface area contributed by atoms with Crippen molar-refractivity contribution in [1.29, 1.82) is 0 Å². The van der Waals surface area contributed by atoms with E-state index in [1.165, 1.54) is 18.4 Å². The zero-order chi connectivity index (χ0) is 13.3. The van der Waals surface area contributed by atoms with Crippen molar-refractivity contribution in [2.45, 2.75) is 19.4 Å². The average molecular weight is 334 g/mol. The van der Waals surface area contributed by atoms with Crippen LogP contribution < -0.4 is 0 Å². The molecule has 0 spiro atoms. The van der Waals surface area contributed by atoms with Gasteiger partial charge in [0.15, 0.2) is 0 Å². The third-order valence-corrected chi connectivity index (χ3v) is 3.93. The Labute approximate surface area is 118 Å². The molecule has 1 atom stereocenters. The fraction of sp³-hybridized carbons (Fsp3) is 0.231. The molecule has 0 bridgehead atoms. The number of furan rings is 1. The highest BCUT2D eigenvalue weighted by atomic mass is 79.9. The minimum atomic E-state index is -1.08. The van der Waals surface area contributed by atoms with Crippen LogP contribution in [0.15, 0.2) is 33.4 Å².